The normalized spacial score (nSPS) is 23.8. The number of hydrogen-bond acceptors (Lipinski definition) is 3. The Labute approximate surface area is 128 Å². The summed E-state index contributed by atoms with van der Waals surface area (Å²) in [6.07, 6.45) is 3.12. The summed E-state index contributed by atoms with van der Waals surface area (Å²) in [5.74, 6) is 1.20. The Balaban J connectivity index is 2.14. The molecule has 1 saturated carbocycles. The largest absolute Gasteiger partial charge is 0.494 e. The number of rotatable bonds is 6. The van der Waals surface area contributed by atoms with E-state index >= 15 is 0 Å². The van der Waals surface area contributed by atoms with Crippen molar-refractivity contribution in [3.63, 3.8) is 0 Å². The van der Waals surface area contributed by atoms with Crippen LogP contribution in [-0.2, 0) is 0 Å². The lowest BCUT2D eigenvalue weighted by Crippen LogP contribution is -2.37. The van der Waals surface area contributed by atoms with E-state index in [4.69, 9.17) is 10.5 Å². The van der Waals surface area contributed by atoms with Gasteiger partial charge in [-0.1, -0.05) is 32.4 Å². The van der Waals surface area contributed by atoms with E-state index in [2.05, 4.69) is 13.8 Å². The van der Waals surface area contributed by atoms with Crippen molar-refractivity contribution < 1.29 is 9.84 Å². The first-order chi connectivity index (χ1) is 9.99. The predicted octanol–water partition coefficient (Wildman–Crippen LogP) is 3.31. The molecule has 1 aromatic carbocycles. The molecule has 0 radical (unpaired) electrons. The minimum atomic E-state index is -0.370. The Hall–Kier alpha value is -1.06. The standard InChI is InChI=1S/C18H29NO2/c1-4-21-14-9-7-13(8-10-14)15(12-19)17(20)16-6-5-11-18(16,2)3/h7-10,15-17,20H,4-6,11-12,19H2,1-3H3. The fraction of sp³-hybridized carbons (Fsp3) is 0.667. The van der Waals surface area contributed by atoms with Crippen LogP contribution in [0.5, 0.6) is 5.75 Å². The first-order valence-corrected chi connectivity index (χ1v) is 8.10. The summed E-state index contributed by atoms with van der Waals surface area (Å²) >= 11 is 0. The number of benzene rings is 1. The molecular formula is C18H29NO2. The first-order valence-electron chi connectivity index (χ1n) is 8.10. The molecule has 1 aliphatic rings. The second-order valence-electron chi connectivity index (χ2n) is 6.82. The number of nitrogens with two attached hydrogens (primary N) is 1. The summed E-state index contributed by atoms with van der Waals surface area (Å²) in [6.45, 7) is 7.64. The van der Waals surface area contributed by atoms with E-state index in [-0.39, 0.29) is 17.4 Å². The summed E-state index contributed by atoms with van der Waals surface area (Å²) in [5.41, 5.74) is 7.28. The molecule has 1 fully saturated rings. The summed E-state index contributed by atoms with van der Waals surface area (Å²) in [7, 11) is 0. The van der Waals surface area contributed by atoms with Crippen molar-refractivity contribution >= 4 is 0 Å². The zero-order valence-corrected chi connectivity index (χ0v) is 13.5. The molecule has 0 aromatic heterocycles. The molecule has 0 heterocycles. The number of aliphatic hydroxyl groups excluding tert-OH is 1. The van der Waals surface area contributed by atoms with Crippen molar-refractivity contribution in [2.24, 2.45) is 17.1 Å². The molecular weight excluding hydrogens is 262 g/mol. The topological polar surface area (TPSA) is 55.5 Å². The van der Waals surface area contributed by atoms with Gasteiger partial charge in [0.05, 0.1) is 12.7 Å². The van der Waals surface area contributed by atoms with E-state index in [1.807, 2.05) is 31.2 Å². The van der Waals surface area contributed by atoms with E-state index in [9.17, 15) is 5.11 Å². The highest BCUT2D eigenvalue weighted by Gasteiger charge is 2.41. The van der Waals surface area contributed by atoms with Gasteiger partial charge in [0.1, 0.15) is 5.75 Å². The third-order valence-corrected chi connectivity index (χ3v) is 5.04. The van der Waals surface area contributed by atoms with Crippen LogP contribution in [0.2, 0.25) is 0 Å². The van der Waals surface area contributed by atoms with Crippen molar-refractivity contribution in [2.45, 2.75) is 52.1 Å². The molecule has 118 valence electrons. The molecule has 0 spiro atoms. The van der Waals surface area contributed by atoms with Crippen LogP contribution in [0.4, 0.5) is 0 Å². The van der Waals surface area contributed by atoms with E-state index in [0.29, 0.717) is 19.1 Å². The van der Waals surface area contributed by atoms with Crippen LogP contribution >= 0.6 is 0 Å². The van der Waals surface area contributed by atoms with Gasteiger partial charge >= 0.3 is 0 Å². The SMILES string of the molecule is CCOc1ccc(C(CN)C(O)C2CCCC2(C)C)cc1. The van der Waals surface area contributed by atoms with Gasteiger partial charge < -0.3 is 15.6 Å². The van der Waals surface area contributed by atoms with Gasteiger partial charge in [-0.15, -0.1) is 0 Å². The predicted molar refractivity (Wildman–Crippen MR) is 86.5 cm³/mol. The Morgan fingerprint density at radius 3 is 2.48 bits per heavy atom. The lowest BCUT2D eigenvalue weighted by atomic mass is 9.73. The Bertz CT molecular complexity index is 441. The molecule has 1 aromatic rings. The van der Waals surface area contributed by atoms with E-state index in [1.165, 1.54) is 12.8 Å². The van der Waals surface area contributed by atoms with Gasteiger partial charge in [0.15, 0.2) is 0 Å². The molecule has 2 rings (SSSR count). The quantitative estimate of drug-likeness (QED) is 0.845. The fourth-order valence-corrected chi connectivity index (χ4v) is 3.72. The van der Waals surface area contributed by atoms with Gasteiger partial charge in [-0.3, -0.25) is 0 Å². The summed E-state index contributed by atoms with van der Waals surface area (Å²) in [5, 5.41) is 10.9. The van der Waals surface area contributed by atoms with E-state index < -0.39 is 0 Å². The molecule has 21 heavy (non-hydrogen) atoms. The van der Waals surface area contributed by atoms with Gasteiger partial charge in [-0.25, -0.2) is 0 Å². The van der Waals surface area contributed by atoms with Gasteiger partial charge in [-0.05, 0) is 48.8 Å². The molecule has 0 amide bonds. The highest BCUT2D eigenvalue weighted by Crippen LogP contribution is 2.47. The molecule has 3 heteroatoms. The average molecular weight is 291 g/mol. The highest BCUT2D eigenvalue weighted by molar-refractivity contribution is 5.30. The molecule has 0 saturated heterocycles. The lowest BCUT2D eigenvalue weighted by Gasteiger charge is -2.35. The summed E-state index contributed by atoms with van der Waals surface area (Å²) in [4.78, 5) is 0. The number of hydrogen-bond donors (Lipinski definition) is 2. The Morgan fingerprint density at radius 1 is 1.33 bits per heavy atom. The van der Waals surface area contributed by atoms with Gasteiger partial charge in [0, 0.05) is 12.5 Å². The summed E-state index contributed by atoms with van der Waals surface area (Å²) in [6, 6.07) is 8.00. The van der Waals surface area contributed by atoms with E-state index in [0.717, 1.165) is 17.7 Å². The average Bonchev–Trinajstić information content (AvgIpc) is 2.81. The molecule has 3 atom stereocenters. The summed E-state index contributed by atoms with van der Waals surface area (Å²) < 4.78 is 5.47. The zero-order valence-electron chi connectivity index (χ0n) is 13.5. The van der Waals surface area contributed by atoms with Crippen molar-refractivity contribution in [2.75, 3.05) is 13.2 Å². The molecule has 1 aliphatic carbocycles. The van der Waals surface area contributed by atoms with Crippen LogP contribution in [0.25, 0.3) is 0 Å². The van der Waals surface area contributed by atoms with Crippen molar-refractivity contribution in [3.05, 3.63) is 29.8 Å². The van der Waals surface area contributed by atoms with Crippen LogP contribution in [0, 0.1) is 11.3 Å². The van der Waals surface area contributed by atoms with Crippen LogP contribution in [-0.4, -0.2) is 24.4 Å². The molecule has 3 N–H and O–H groups in total. The van der Waals surface area contributed by atoms with Gasteiger partial charge in [0.2, 0.25) is 0 Å². The third kappa shape index (κ3) is 3.58. The molecule has 3 unspecified atom stereocenters. The van der Waals surface area contributed by atoms with Crippen LogP contribution in [0.3, 0.4) is 0 Å². The smallest absolute Gasteiger partial charge is 0.119 e. The van der Waals surface area contributed by atoms with Crippen molar-refractivity contribution in [3.8, 4) is 5.75 Å². The zero-order chi connectivity index (χ0) is 15.5. The number of aliphatic hydroxyl groups is 1. The lowest BCUT2D eigenvalue weighted by molar-refractivity contribution is 0.0346. The van der Waals surface area contributed by atoms with Crippen molar-refractivity contribution in [1.82, 2.24) is 0 Å². The maximum atomic E-state index is 10.9. The minimum absolute atomic E-state index is 0.00283. The van der Waals surface area contributed by atoms with E-state index in [1.54, 1.807) is 0 Å². The second-order valence-corrected chi connectivity index (χ2v) is 6.82. The Morgan fingerprint density at radius 2 is 2.00 bits per heavy atom. The second kappa shape index (κ2) is 6.80. The first kappa shape index (κ1) is 16.3. The van der Waals surface area contributed by atoms with Gasteiger partial charge in [-0.2, -0.15) is 0 Å². The maximum Gasteiger partial charge on any atom is 0.119 e. The number of ether oxygens (including phenoxy) is 1. The molecule has 3 nitrogen and oxygen atoms in total. The Kier molecular flexibility index (Phi) is 5.28. The van der Waals surface area contributed by atoms with Gasteiger partial charge in [0.25, 0.3) is 0 Å². The van der Waals surface area contributed by atoms with Crippen LogP contribution in [0.15, 0.2) is 24.3 Å². The third-order valence-electron chi connectivity index (χ3n) is 5.04. The fourth-order valence-electron chi connectivity index (χ4n) is 3.72. The highest BCUT2D eigenvalue weighted by atomic mass is 16.5. The maximum absolute atomic E-state index is 10.9. The van der Waals surface area contributed by atoms with Crippen LogP contribution in [0.1, 0.15) is 51.5 Å². The van der Waals surface area contributed by atoms with Crippen molar-refractivity contribution in [1.29, 1.82) is 0 Å². The minimum Gasteiger partial charge on any atom is -0.494 e. The molecule has 0 aliphatic heterocycles. The van der Waals surface area contributed by atoms with Crippen LogP contribution < -0.4 is 10.5 Å². The molecule has 0 bridgehead atoms. The monoisotopic (exact) mass is 291 g/mol.